The summed E-state index contributed by atoms with van der Waals surface area (Å²) in [5, 5.41) is 2.86. The highest BCUT2D eigenvalue weighted by molar-refractivity contribution is 9.10. The van der Waals surface area contributed by atoms with E-state index in [1.54, 1.807) is 12.1 Å². The summed E-state index contributed by atoms with van der Waals surface area (Å²) in [5.41, 5.74) is 8.09. The number of nitrogen functional groups attached to an aromatic ring is 1. The number of amides is 1. The summed E-state index contributed by atoms with van der Waals surface area (Å²) >= 11 is 4.62. The molecular formula is C17H18BrFN2OS. The minimum atomic E-state index is -0.254. The molecule has 3 nitrogen and oxygen atoms in total. The van der Waals surface area contributed by atoms with Crippen LogP contribution in [0.1, 0.15) is 11.1 Å². The second-order valence-corrected chi connectivity index (χ2v) is 6.97. The van der Waals surface area contributed by atoms with E-state index in [2.05, 4.69) is 21.2 Å². The number of anilines is 1. The first kappa shape index (κ1) is 17.8. The van der Waals surface area contributed by atoms with E-state index in [4.69, 9.17) is 5.73 Å². The van der Waals surface area contributed by atoms with E-state index in [1.165, 1.54) is 17.8 Å². The molecule has 0 aliphatic rings. The zero-order valence-electron chi connectivity index (χ0n) is 12.5. The lowest BCUT2D eigenvalue weighted by Crippen LogP contribution is -2.27. The number of carbonyl (C=O) groups is 1. The zero-order chi connectivity index (χ0) is 16.7. The Kier molecular flexibility index (Phi) is 6.92. The molecule has 23 heavy (non-hydrogen) atoms. The summed E-state index contributed by atoms with van der Waals surface area (Å²) in [6.45, 7) is 0.579. The van der Waals surface area contributed by atoms with Gasteiger partial charge < -0.3 is 11.1 Å². The number of nitrogens with one attached hydrogen (secondary N) is 1. The van der Waals surface area contributed by atoms with Gasteiger partial charge in [0.2, 0.25) is 5.91 Å². The fraction of sp³-hybridized carbons (Fsp3) is 0.235. The first-order valence-corrected chi connectivity index (χ1v) is 9.12. The van der Waals surface area contributed by atoms with Crippen molar-refractivity contribution in [2.75, 3.05) is 18.0 Å². The Morgan fingerprint density at radius 2 is 1.96 bits per heavy atom. The number of rotatable bonds is 7. The third-order valence-electron chi connectivity index (χ3n) is 3.22. The standard InChI is InChI=1S/C17H18BrFN2OS/c18-14-4-3-13(16(19)9-14)10-23-11-17(22)21-8-7-12-1-5-15(20)6-2-12/h1-6,9H,7-8,10-11,20H2,(H,21,22). The molecule has 0 unspecified atom stereocenters. The maximum Gasteiger partial charge on any atom is 0.230 e. The van der Waals surface area contributed by atoms with Crippen LogP contribution in [0.5, 0.6) is 0 Å². The molecule has 0 saturated heterocycles. The van der Waals surface area contributed by atoms with Crippen LogP contribution in [-0.2, 0) is 17.0 Å². The van der Waals surface area contributed by atoms with E-state index in [0.717, 1.165) is 17.7 Å². The van der Waals surface area contributed by atoms with Crippen molar-refractivity contribution < 1.29 is 9.18 Å². The van der Waals surface area contributed by atoms with Gasteiger partial charge in [-0.3, -0.25) is 4.79 Å². The average Bonchev–Trinajstić information content (AvgIpc) is 2.51. The van der Waals surface area contributed by atoms with Crippen molar-refractivity contribution in [3.8, 4) is 0 Å². The van der Waals surface area contributed by atoms with Gasteiger partial charge in [0, 0.05) is 22.5 Å². The van der Waals surface area contributed by atoms with E-state index in [-0.39, 0.29) is 11.7 Å². The van der Waals surface area contributed by atoms with E-state index in [9.17, 15) is 9.18 Å². The third-order valence-corrected chi connectivity index (χ3v) is 4.70. The lowest BCUT2D eigenvalue weighted by atomic mass is 10.1. The van der Waals surface area contributed by atoms with Gasteiger partial charge in [-0.15, -0.1) is 11.8 Å². The lowest BCUT2D eigenvalue weighted by molar-refractivity contribution is -0.118. The molecule has 2 aromatic rings. The molecule has 0 radical (unpaired) electrons. The first-order chi connectivity index (χ1) is 11.0. The fourth-order valence-electron chi connectivity index (χ4n) is 1.97. The van der Waals surface area contributed by atoms with Crippen molar-refractivity contribution in [1.82, 2.24) is 5.32 Å². The number of hydrogen-bond donors (Lipinski definition) is 2. The molecule has 0 aliphatic carbocycles. The molecule has 0 fully saturated rings. The number of thioether (sulfide) groups is 1. The second-order valence-electron chi connectivity index (χ2n) is 5.07. The van der Waals surface area contributed by atoms with Gasteiger partial charge in [-0.25, -0.2) is 4.39 Å². The van der Waals surface area contributed by atoms with Gasteiger partial charge in [-0.1, -0.05) is 34.1 Å². The molecule has 0 bridgehead atoms. The van der Waals surface area contributed by atoms with Gasteiger partial charge in [0.05, 0.1) is 5.75 Å². The maximum atomic E-state index is 13.6. The van der Waals surface area contributed by atoms with Gasteiger partial charge in [-0.2, -0.15) is 0 Å². The molecule has 0 spiro atoms. The van der Waals surface area contributed by atoms with Crippen LogP contribution in [0, 0.1) is 5.82 Å². The minimum Gasteiger partial charge on any atom is -0.399 e. The predicted octanol–water partition coefficient (Wildman–Crippen LogP) is 3.76. The van der Waals surface area contributed by atoms with Crippen LogP contribution < -0.4 is 11.1 Å². The Balaban J connectivity index is 1.66. The van der Waals surface area contributed by atoms with Crippen LogP contribution in [-0.4, -0.2) is 18.2 Å². The number of carbonyl (C=O) groups excluding carboxylic acids is 1. The summed E-state index contributed by atoms with van der Waals surface area (Å²) in [6, 6.07) is 12.6. The van der Waals surface area contributed by atoms with Gasteiger partial charge in [-0.05, 0) is 41.8 Å². The molecule has 6 heteroatoms. The fourth-order valence-corrected chi connectivity index (χ4v) is 3.15. The molecule has 122 valence electrons. The van der Waals surface area contributed by atoms with Crippen molar-refractivity contribution in [3.05, 3.63) is 63.9 Å². The van der Waals surface area contributed by atoms with Crippen molar-refractivity contribution in [1.29, 1.82) is 0 Å². The number of hydrogen-bond acceptors (Lipinski definition) is 3. The monoisotopic (exact) mass is 396 g/mol. The Bertz CT molecular complexity index is 664. The Morgan fingerprint density at radius 3 is 2.65 bits per heavy atom. The molecule has 0 heterocycles. The van der Waals surface area contributed by atoms with E-state index in [1.807, 2.05) is 24.3 Å². The van der Waals surface area contributed by atoms with Gasteiger partial charge in [0.1, 0.15) is 5.82 Å². The normalized spacial score (nSPS) is 10.5. The Morgan fingerprint density at radius 1 is 1.22 bits per heavy atom. The van der Waals surface area contributed by atoms with Crippen molar-refractivity contribution in [2.24, 2.45) is 0 Å². The number of halogens is 2. The Hall–Kier alpha value is -1.53. The summed E-state index contributed by atoms with van der Waals surface area (Å²) in [6.07, 6.45) is 0.762. The molecule has 0 aliphatic heterocycles. The summed E-state index contributed by atoms with van der Waals surface area (Å²) in [7, 11) is 0. The Labute approximate surface area is 148 Å². The summed E-state index contributed by atoms with van der Waals surface area (Å²) in [5.74, 6) is 0.500. The van der Waals surface area contributed by atoms with Crippen LogP contribution in [0.15, 0.2) is 46.9 Å². The maximum absolute atomic E-state index is 13.6. The van der Waals surface area contributed by atoms with Crippen molar-refractivity contribution in [3.63, 3.8) is 0 Å². The summed E-state index contributed by atoms with van der Waals surface area (Å²) < 4.78 is 14.4. The highest BCUT2D eigenvalue weighted by Gasteiger charge is 2.05. The molecule has 2 rings (SSSR count). The topological polar surface area (TPSA) is 55.1 Å². The highest BCUT2D eigenvalue weighted by Crippen LogP contribution is 2.19. The molecule has 0 saturated carbocycles. The molecule has 1 amide bonds. The lowest BCUT2D eigenvalue weighted by Gasteiger charge is -2.06. The molecular weight excluding hydrogens is 379 g/mol. The van der Waals surface area contributed by atoms with Crippen LogP contribution in [0.2, 0.25) is 0 Å². The van der Waals surface area contributed by atoms with Gasteiger partial charge >= 0.3 is 0 Å². The van der Waals surface area contributed by atoms with Crippen LogP contribution >= 0.6 is 27.7 Å². The average molecular weight is 397 g/mol. The molecule has 3 N–H and O–H groups in total. The second kappa shape index (κ2) is 8.93. The minimum absolute atomic E-state index is 0.0389. The SMILES string of the molecule is Nc1ccc(CCNC(=O)CSCc2ccc(Br)cc2F)cc1. The van der Waals surface area contributed by atoms with Gasteiger partial charge in [0.15, 0.2) is 0 Å². The predicted molar refractivity (Wildman–Crippen MR) is 97.8 cm³/mol. The molecule has 0 aromatic heterocycles. The van der Waals surface area contributed by atoms with Crippen molar-refractivity contribution in [2.45, 2.75) is 12.2 Å². The molecule has 2 aromatic carbocycles. The third kappa shape index (κ3) is 6.23. The summed E-state index contributed by atoms with van der Waals surface area (Å²) in [4.78, 5) is 11.8. The van der Waals surface area contributed by atoms with Crippen LogP contribution in [0.3, 0.4) is 0 Å². The van der Waals surface area contributed by atoms with Crippen molar-refractivity contribution >= 4 is 39.3 Å². The quantitative estimate of drug-likeness (QED) is 0.700. The van der Waals surface area contributed by atoms with E-state index in [0.29, 0.717) is 28.1 Å². The highest BCUT2D eigenvalue weighted by atomic mass is 79.9. The largest absolute Gasteiger partial charge is 0.399 e. The zero-order valence-corrected chi connectivity index (χ0v) is 14.9. The molecule has 0 atom stereocenters. The smallest absolute Gasteiger partial charge is 0.230 e. The van der Waals surface area contributed by atoms with E-state index < -0.39 is 0 Å². The first-order valence-electron chi connectivity index (χ1n) is 7.17. The van der Waals surface area contributed by atoms with E-state index >= 15 is 0 Å². The van der Waals surface area contributed by atoms with Gasteiger partial charge in [0.25, 0.3) is 0 Å². The van der Waals surface area contributed by atoms with Crippen LogP contribution in [0.4, 0.5) is 10.1 Å². The number of benzene rings is 2. The van der Waals surface area contributed by atoms with Crippen LogP contribution in [0.25, 0.3) is 0 Å². The number of nitrogens with two attached hydrogens (primary N) is 1.